The minimum Gasteiger partial charge on any atom is -0.505 e. The maximum atomic E-state index is 11.9. The number of hydrogen-bond acceptors (Lipinski definition) is 4. The van der Waals surface area contributed by atoms with Gasteiger partial charge in [-0.25, -0.2) is 0 Å². The SMILES string of the molecule is C=C(C)C(=O)NCc1cc(C(C)(C)C)cc(-n2nc3ccccc3n2)c1O. The zero-order valence-electron chi connectivity index (χ0n) is 16.1. The number of aromatic hydroxyl groups is 1. The molecule has 1 aromatic heterocycles. The molecule has 0 unspecified atom stereocenters. The number of benzene rings is 2. The number of aromatic nitrogens is 3. The third-order valence-corrected chi connectivity index (χ3v) is 4.36. The van der Waals surface area contributed by atoms with Crippen LogP contribution in [0.2, 0.25) is 0 Å². The van der Waals surface area contributed by atoms with Gasteiger partial charge in [0.15, 0.2) is 0 Å². The van der Waals surface area contributed by atoms with Gasteiger partial charge in [0.1, 0.15) is 22.5 Å². The number of nitrogens with one attached hydrogen (secondary N) is 1. The summed E-state index contributed by atoms with van der Waals surface area (Å²) >= 11 is 0. The summed E-state index contributed by atoms with van der Waals surface area (Å²) < 4.78 is 0. The van der Waals surface area contributed by atoms with Crippen molar-refractivity contribution in [1.82, 2.24) is 20.3 Å². The first-order valence-corrected chi connectivity index (χ1v) is 8.79. The number of nitrogens with zero attached hydrogens (tertiary/aromatic N) is 3. The van der Waals surface area contributed by atoms with Crippen LogP contribution in [-0.2, 0) is 16.8 Å². The molecule has 6 heteroatoms. The number of rotatable bonds is 4. The number of carbonyl (C=O) groups excluding carboxylic acids is 1. The summed E-state index contributed by atoms with van der Waals surface area (Å²) in [6, 6.07) is 11.3. The van der Waals surface area contributed by atoms with Crippen LogP contribution in [0.5, 0.6) is 5.75 Å². The van der Waals surface area contributed by atoms with Crippen molar-refractivity contribution >= 4 is 16.9 Å². The summed E-state index contributed by atoms with van der Waals surface area (Å²) in [6.07, 6.45) is 0. The first kappa shape index (κ1) is 18.6. The molecule has 3 aromatic rings. The molecule has 0 radical (unpaired) electrons. The Morgan fingerprint density at radius 1 is 1.19 bits per heavy atom. The molecule has 0 atom stereocenters. The normalized spacial score (nSPS) is 11.6. The third kappa shape index (κ3) is 3.84. The van der Waals surface area contributed by atoms with Crippen LogP contribution in [0.3, 0.4) is 0 Å². The van der Waals surface area contributed by atoms with E-state index in [4.69, 9.17) is 0 Å². The van der Waals surface area contributed by atoms with Crippen molar-refractivity contribution in [1.29, 1.82) is 0 Å². The lowest BCUT2D eigenvalue weighted by Crippen LogP contribution is -2.24. The van der Waals surface area contributed by atoms with E-state index in [2.05, 4.69) is 42.9 Å². The Bertz CT molecular complexity index is 995. The third-order valence-electron chi connectivity index (χ3n) is 4.36. The highest BCUT2D eigenvalue weighted by Crippen LogP contribution is 2.33. The van der Waals surface area contributed by atoms with E-state index in [1.165, 1.54) is 4.80 Å². The number of hydrogen-bond donors (Lipinski definition) is 2. The Morgan fingerprint density at radius 2 is 1.78 bits per heavy atom. The lowest BCUT2D eigenvalue weighted by molar-refractivity contribution is -0.117. The van der Waals surface area contributed by atoms with Gasteiger partial charge in [-0.2, -0.15) is 0 Å². The van der Waals surface area contributed by atoms with E-state index < -0.39 is 0 Å². The van der Waals surface area contributed by atoms with E-state index in [0.29, 0.717) is 16.8 Å². The van der Waals surface area contributed by atoms with E-state index in [1.807, 2.05) is 36.4 Å². The van der Waals surface area contributed by atoms with Crippen molar-refractivity contribution in [3.8, 4) is 11.4 Å². The van der Waals surface area contributed by atoms with Crippen LogP contribution in [0.4, 0.5) is 0 Å². The molecular formula is C21H24N4O2. The molecule has 140 valence electrons. The first-order chi connectivity index (χ1) is 12.7. The molecule has 1 amide bonds. The summed E-state index contributed by atoms with van der Waals surface area (Å²) in [5.74, 6) is -0.203. The first-order valence-electron chi connectivity index (χ1n) is 8.79. The van der Waals surface area contributed by atoms with Crippen LogP contribution in [0.25, 0.3) is 16.7 Å². The zero-order valence-corrected chi connectivity index (χ0v) is 16.1. The summed E-state index contributed by atoms with van der Waals surface area (Å²) in [5, 5.41) is 22.6. The van der Waals surface area contributed by atoms with Gasteiger partial charge in [0.2, 0.25) is 5.91 Å². The second-order valence-corrected chi connectivity index (χ2v) is 7.69. The fraction of sp³-hybridized carbons (Fsp3) is 0.286. The van der Waals surface area contributed by atoms with Gasteiger partial charge in [0, 0.05) is 17.7 Å². The largest absolute Gasteiger partial charge is 0.505 e. The van der Waals surface area contributed by atoms with E-state index >= 15 is 0 Å². The molecule has 27 heavy (non-hydrogen) atoms. The minimum absolute atomic E-state index is 0.0466. The lowest BCUT2D eigenvalue weighted by atomic mass is 9.85. The minimum atomic E-state index is -0.250. The van der Waals surface area contributed by atoms with E-state index in [1.54, 1.807) is 6.92 Å². The second kappa shape index (κ2) is 6.87. The standard InChI is InChI=1S/C21H24N4O2/c1-13(2)20(27)22-12-14-10-15(21(3,4)5)11-18(19(14)26)25-23-16-8-6-7-9-17(16)24-25/h6-11,26H,1,12H2,2-5H3,(H,22,27). The lowest BCUT2D eigenvalue weighted by Gasteiger charge is -2.22. The monoisotopic (exact) mass is 364 g/mol. The molecule has 3 rings (SSSR count). The Morgan fingerprint density at radius 3 is 2.30 bits per heavy atom. The predicted octanol–water partition coefficient (Wildman–Crippen LogP) is 3.62. The van der Waals surface area contributed by atoms with Crippen LogP contribution in [0, 0.1) is 0 Å². The molecular weight excluding hydrogens is 340 g/mol. The number of phenols is 1. The van der Waals surface area contributed by atoms with Gasteiger partial charge in [-0.05, 0) is 42.2 Å². The van der Waals surface area contributed by atoms with Crippen LogP contribution < -0.4 is 5.32 Å². The Labute approximate surface area is 158 Å². The number of carbonyl (C=O) groups is 1. The van der Waals surface area contributed by atoms with Crippen LogP contribution in [0.1, 0.15) is 38.8 Å². The van der Waals surface area contributed by atoms with Crippen molar-refractivity contribution in [2.24, 2.45) is 0 Å². The molecule has 0 aliphatic rings. The molecule has 0 fully saturated rings. The highest BCUT2D eigenvalue weighted by atomic mass is 16.3. The summed E-state index contributed by atoms with van der Waals surface area (Å²) in [4.78, 5) is 13.3. The van der Waals surface area contributed by atoms with E-state index in [-0.39, 0.29) is 23.6 Å². The number of phenolic OH excluding ortho intramolecular Hbond substituents is 1. The summed E-state index contributed by atoms with van der Waals surface area (Å²) in [5.41, 5.74) is 3.86. The molecule has 0 spiro atoms. The molecule has 2 N–H and O–H groups in total. The Hall–Kier alpha value is -3.15. The van der Waals surface area contributed by atoms with Gasteiger partial charge in [0.05, 0.1) is 0 Å². The average molecular weight is 364 g/mol. The second-order valence-electron chi connectivity index (χ2n) is 7.69. The quantitative estimate of drug-likeness (QED) is 0.693. The van der Waals surface area contributed by atoms with Crippen molar-refractivity contribution < 1.29 is 9.90 Å². The van der Waals surface area contributed by atoms with Crippen molar-refractivity contribution in [2.75, 3.05) is 0 Å². The Balaban J connectivity index is 2.10. The van der Waals surface area contributed by atoms with Crippen LogP contribution >= 0.6 is 0 Å². The van der Waals surface area contributed by atoms with Crippen LogP contribution in [0.15, 0.2) is 48.6 Å². The van der Waals surface area contributed by atoms with Crippen molar-refractivity contribution in [2.45, 2.75) is 39.7 Å². The fourth-order valence-corrected chi connectivity index (χ4v) is 2.69. The zero-order chi connectivity index (χ0) is 19.8. The van der Waals surface area contributed by atoms with Gasteiger partial charge >= 0.3 is 0 Å². The number of fused-ring (bicyclic) bond motifs is 1. The van der Waals surface area contributed by atoms with Gasteiger partial charge < -0.3 is 10.4 Å². The summed E-state index contributed by atoms with van der Waals surface area (Å²) in [6.45, 7) is 11.7. The van der Waals surface area contributed by atoms with Crippen molar-refractivity contribution in [3.05, 3.63) is 59.7 Å². The molecule has 0 aliphatic heterocycles. The topological polar surface area (TPSA) is 80.0 Å². The maximum absolute atomic E-state index is 11.9. The van der Waals surface area contributed by atoms with Gasteiger partial charge in [-0.3, -0.25) is 4.79 Å². The van der Waals surface area contributed by atoms with Crippen molar-refractivity contribution in [3.63, 3.8) is 0 Å². The Kier molecular flexibility index (Phi) is 4.74. The molecule has 2 aromatic carbocycles. The molecule has 6 nitrogen and oxygen atoms in total. The summed E-state index contributed by atoms with van der Waals surface area (Å²) in [7, 11) is 0. The maximum Gasteiger partial charge on any atom is 0.246 e. The number of amides is 1. The molecule has 0 aliphatic carbocycles. The predicted molar refractivity (Wildman–Crippen MR) is 106 cm³/mol. The van der Waals surface area contributed by atoms with E-state index in [0.717, 1.165) is 16.6 Å². The smallest absolute Gasteiger partial charge is 0.246 e. The molecule has 0 saturated heterocycles. The van der Waals surface area contributed by atoms with Gasteiger partial charge in [-0.1, -0.05) is 39.5 Å². The van der Waals surface area contributed by atoms with Gasteiger partial charge in [0.25, 0.3) is 0 Å². The van der Waals surface area contributed by atoms with E-state index in [9.17, 15) is 9.90 Å². The molecule has 0 saturated carbocycles. The van der Waals surface area contributed by atoms with Crippen LogP contribution in [-0.4, -0.2) is 26.0 Å². The molecule has 0 bridgehead atoms. The highest BCUT2D eigenvalue weighted by molar-refractivity contribution is 5.92. The molecule has 1 heterocycles. The van der Waals surface area contributed by atoms with Gasteiger partial charge in [-0.15, -0.1) is 15.0 Å². The average Bonchev–Trinajstić information content (AvgIpc) is 3.03. The fourth-order valence-electron chi connectivity index (χ4n) is 2.69. The highest BCUT2D eigenvalue weighted by Gasteiger charge is 2.21.